The first-order valence-corrected chi connectivity index (χ1v) is 11.1. The van der Waals surface area contributed by atoms with Crippen molar-refractivity contribution in [2.75, 3.05) is 73.1 Å². The molecule has 0 bridgehead atoms. The molecule has 0 unspecified atom stereocenters. The van der Waals surface area contributed by atoms with Gasteiger partial charge in [0.1, 0.15) is 0 Å². The van der Waals surface area contributed by atoms with E-state index in [0.29, 0.717) is 24.5 Å². The van der Waals surface area contributed by atoms with E-state index in [-0.39, 0.29) is 5.91 Å². The van der Waals surface area contributed by atoms with Crippen LogP contribution in [-0.4, -0.2) is 99.7 Å². The third-order valence-corrected chi connectivity index (χ3v) is 5.38. The summed E-state index contributed by atoms with van der Waals surface area (Å²) < 4.78 is 5.11. The monoisotopic (exact) mass is 437 g/mol. The first kappa shape index (κ1) is 24.4. The smallest absolute Gasteiger partial charge is 0.227 e. The molecular weight excluding hydrogens is 402 g/mol. The largest absolute Gasteiger partial charge is 0.383 e. The number of guanidine groups is 1. The highest BCUT2D eigenvalue weighted by Crippen LogP contribution is 2.13. The maximum atomic E-state index is 12.6. The second-order valence-corrected chi connectivity index (χ2v) is 8.00. The summed E-state index contributed by atoms with van der Waals surface area (Å²) in [5.41, 5.74) is 0.959. The summed E-state index contributed by atoms with van der Waals surface area (Å²) in [6, 6.07) is 7.52. The van der Waals surface area contributed by atoms with Gasteiger partial charge in [-0.2, -0.15) is 0 Å². The van der Waals surface area contributed by atoms with Crippen molar-refractivity contribution in [2.24, 2.45) is 4.99 Å². The average Bonchev–Trinajstić information content (AvgIpc) is 2.74. The minimum atomic E-state index is 0.151. The first-order valence-electron chi connectivity index (χ1n) is 10.8. The van der Waals surface area contributed by atoms with Crippen molar-refractivity contribution in [2.45, 2.75) is 19.8 Å². The van der Waals surface area contributed by atoms with E-state index in [9.17, 15) is 4.79 Å². The van der Waals surface area contributed by atoms with Gasteiger partial charge in [0.05, 0.1) is 13.0 Å². The van der Waals surface area contributed by atoms with E-state index in [1.54, 1.807) is 7.11 Å². The predicted molar refractivity (Wildman–Crippen MR) is 123 cm³/mol. The number of nitrogens with one attached hydrogen (secondary N) is 1. The number of hydrogen-bond donors (Lipinski definition) is 1. The Morgan fingerprint density at radius 3 is 2.63 bits per heavy atom. The van der Waals surface area contributed by atoms with Gasteiger partial charge in [-0.1, -0.05) is 23.7 Å². The van der Waals surface area contributed by atoms with E-state index >= 15 is 0 Å². The van der Waals surface area contributed by atoms with E-state index < -0.39 is 0 Å². The number of likely N-dealkylation sites (N-methyl/N-ethyl adjacent to an activating group) is 1. The maximum absolute atomic E-state index is 12.6. The Morgan fingerprint density at radius 2 is 1.97 bits per heavy atom. The van der Waals surface area contributed by atoms with Gasteiger partial charge in [-0.3, -0.25) is 9.79 Å². The highest BCUT2D eigenvalue weighted by atomic mass is 35.5. The van der Waals surface area contributed by atoms with Crippen molar-refractivity contribution in [1.29, 1.82) is 0 Å². The van der Waals surface area contributed by atoms with Crippen molar-refractivity contribution in [3.63, 3.8) is 0 Å². The summed E-state index contributed by atoms with van der Waals surface area (Å²) in [6.45, 7) is 9.40. The summed E-state index contributed by atoms with van der Waals surface area (Å²) >= 11 is 6.03. The molecule has 1 aromatic carbocycles. The van der Waals surface area contributed by atoms with Crippen molar-refractivity contribution in [1.82, 2.24) is 20.0 Å². The van der Waals surface area contributed by atoms with Crippen LogP contribution in [0.15, 0.2) is 29.3 Å². The van der Waals surface area contributed by atoms with Crippen molar-refractivity contribution in [3.8, 4) is 0 Å². The number of amides is 1. The quantitative estimate of drug-likeness (QED) is 0.344. The van der Waals surface area contributed by atoms with Gasteiger partial charge in [-0.05, 0) is 44.6 Å². The Labute approximate surface area is 186 Å². The fraction of sp³-hybridized carbons (Fsp3) is 0.636. The number of carbonyl (C=O) groups excluding carboxylic acids is 1. The third-order valence-electron chi connectivity index (χ3n) is 5.15. The van der Waals surface area contributed by atoms with Crippen LogP contribution >= 0.6 is 11.6 Å². The van der Waals surface area contributed by atoms with Crippen LogP contribution in [0.2, 0.25) is 5.02 Å². The Kier molecular flexibility index (Phi) is 11.0. The van der Waals surface area contributed by atoms with E-state index in [1.165, 1.54) is 0 Å². The zero-order valence-corrected chi connectivity index (χ0v) is 19.3. The molecule has 2 rings (SSSR count). The molecule has 0 radical (unpaired) electrons. The lowest BCUT2D eigenvalue weighted by atomic mass is 10.1. The molecule has 0 aromatic heterocycles. The number of piperazine rings is 1. The Bertz CT molecular complexity index is 677. The lowest BCUT2D eigenvalue weighted by Crippen LogP contribution is -2.54. The van der Waals surface area contributed by atoms with Crippen LogP contribution < -0.4 is 5.32 Å². The normalized spacial score (nSPS) is 15.0. The third kappa shape index (κ3) is 8.50. The van der Waals surface area contributed by atoms with E-state index in [2.05, 4.69) is 29.1 Å². The first-order chi connectivity index (χ1) is 14.5. The standard InChI is InChI=1S/C22H36ClN5O2/c1-4-24-22(25-9-6-10-26(2)15-16-30-3)28-13-11-27(12-14-28)21(29)18-19-7-5-8-20(23)17-19/h5,7-8,17H,4,6,9-16,18H2,1-3H3,(H,24,25). The second kappa shape index (κ2) is 13.5. The van der Waals surface area contributed by atoms with Crippen LogP contribution in [0.1, 0.15) is 18.9 Å². The molecule has 1 aliphatic heterocycles. The highest BCUT2D eigenvalue weighted by Gasteiger charge is 2.23. The molecule has 0 atom stereocenters. The van der Waals surface area contributed by atoms with E-state index in [4.69, 9.17) is 21.3 Å². The van der Waals surface area contributed by atoms with Gasteiger partial charge >= 0.3 is 0 Å². The molecule has 30 heavy (non-hydrogen) atoms. The van der Waals surface area contributed by atoms with E-state index in [0.717, 1.165) is 63.8 Å². The Balaban J connectivity index is 1.79. The van der Waals surface area contributed by atoms with Gasteiger partial charge < -0.3 is 24.8 Å². The van der Waals surface area contributed by atoms with Gasteiger partial charge in [0.25, 0.3) is 0 Å². The van der Waals surface area contributed by atoms with Crippen LogP contribution in [0.5, 0.6) is 0 Å². The lowest BCUT2D eigenvalue weighted by molar-refractivity contribution is -0.131. The van der Waals surface area contributed by atoms with Gasteiger partial charge in [-0.15, -0.1) is 0 Å². The van der Waals surface area contributed by atoms with Crippen LogP contribution in [0.25, 0.3) is 0 Å². The van der Waals surface area contributed by atoms with Crippen LogP contribution in [0, 0.1) is 0 Å². The molecule has 0 spiro atoms. The molecule has 1 amide bonds. The SMILES string of the molecule is CCNC(=NCCCN(C)CCOC)N1CCN(C(=O)Cc2cccc(Cl)c2)CC1. The molecule has 1 fully saturated rings. The molecule has 1 saturated heterocycles. The highest BCUT2D eigenvalue weighted by molar-refractivity contribution is 6.30. The molecular formula is C22H36ClN5O2. The molecule has 168 valence electrons. The summed E-state index contributed by atoms with van der Waals surface area (Å²) in [4.78, 5) is 23.9. The van der Waals surface area contributed by atoms with Gasteiger partial charge in [0.15, 0.2) is 5.96 Å². The maximum Gasteiger partial charge on any atom is 0.227 e. The second-order valence-electron chi connectivity index (χ2n) is 7.56. The van der Waals surface area contributed by atoms with Crippen LogP contribution in [0.4, 0.5) is 0 Å². The number of benzene rings is 1. The summed E-state index contributed by atoms with van der Waals surface area (Å²) in [7, 11) is 3.83. The zero-order valence-electron chi connectivity index (χ0n) is 18.6. The van der Waals surface area contributed by atoms with E-state index in [1.807, 2.05) is 29.2 Å². The van der Waals surface area contributed by atoms with Gasteiger partial charge in [0, 0.05) is 57.9 Å². The molecule has 7 nitrogen and oxygen atoms in total. The number of methoxy groups -OCH3 is 1. The number of carbonyl (C=O) groups is 1. The van der Waals surface area contributed by atoms with Crippen molar-refractivity contribution >= 4 is 23.5 Å². The Hall–Kier alpha value is -1.83. The summed E-state index contributed by atoms with van der Waals surface area (Å²) in [6.07, 6.45) is 1.40. The number of halogens is 1. The zero-order chi connectivity index (χ0) is 21.8. The lowest BCUT2D eigenvalue weighted by Gasteiger charge is -2.36. The number of aliphatic imine (C=N–C) groups is 1. The number of hydrogen-bond acceptors (Lipinski definition) is 4. The van der Waals surface area contributed by atoms with Crippen molar-refractivity contribution in [3.05, 3.63) is 34.9 Å². The average molecular weight is 438 g/mol. The van der Waals surface area contributed by atoms with Crippen LogP contribution in [-0.2, 0) is 16.0 Å². The molecule has 1 aromatic rings. The minimum Gasteiger partial charge on any atom is -0.383 e. The predicted octanol–water partition coefficient (Wildman–Crippen LogP) is 1.96. The number of nitrogens with zero attached hydrogens (tertiary/aromatic N) is 4. The topological polar surface area (TPSA) is 60.4 Å². The molecule has 1 heterocycles. The molecule has 1 aliphatic rings. The summed E-state index contributed by atoms with van der Waals surface area (Å²) in [5.74, 6) is 1.09. The molecule has 0 saturated carbocycles. The molecule has 0 aliphatic carbocycles. The molecule has 1 N–H and O–H groups in total. The van der Waals surface area contributed by atoms with Crippen LogP contribution in [0.3, 0.4) is 0 Å². The Morgan fingerprint density at radius 1 is 1.23 bits per heavy atom. The minimum absolute atomic E-state index is 0.151. The fourth-order valence-electron chi connectivity index (χ4n) is 3.41. The number of rotatable bonds is 10. The summed E-state index contributed by atoms with van der Waals surface area (Å²) in [5, 5.41) is 4.06. The van der Waals surface area contributed by atoms with Gasteiger partial charge in [0.2, 0.25) is 5.91 Å². The van der Waals surface area contributed by atoms with Crippen molar-refractivity contribution < 1.29 is 9.53 Å². The number of ether oxygens (including phenoxy) is 1. The fourth-order valence-corrected chi connectivity index (χ4v) is 3.62. The van der Waals surface area contributed by atoms with Gasteiger partial charge in [-0.25, -0.2) is 0 Å². The molecule has 8 heteroatoms.